The van der Waals surface area contributed by atoms with Crippen LogP contribution in [0.1, 0.15) is 70.0 Å². The van der Waals surface area contributed by atoms with E-state index in [1.807, 2.05) is 7.05 Å². The quantitative estimate of drug-likeness (QED) is 0.717. The van der Waals surface area contributed by atoms with Crippen LogP contribution < -0.4 is 5.32 Å². The zero-order chi connectivity index (χ0) is 13.5. The first-order valence-corrected chi connectivity index (χ1v) is 7.45. The largest absolute Gasteiger partial charge is 0.313 e. The lowest BCUT2D eigenvalue weighted by Gasteiger charge is -2.13. The van der Waals surface area contributed by atoms with Crippen molar-refractivity contribution in [2.75, 3.05) is 7.05 Å². The molecule has 0 bridgehead atoms. The molecule has 0 aromatic carbocycles. The Kier molecular flexibility index (Phi) is 6.41. The Hall–Kier alpha value is -0.830. The number of hydrogen-bond donors (Lipinski definition) is 1. The van der Waals surface area contributed by atoms with E-state index in [0.29, 0.717) is 6.04 Å². The summed E-state index contributed by atoms with van der Waals surface area (Å²) in [6.45, 7) is 9.98. The first-order valence-electron chi connectivity index (χ1n) is 7.45. The molecule has 0 aliphatic rings. The van der Waals surface area contributed by atoms with E-state index in [9.17, 15) is 0 Å². The normalized spacial score (nSPS) is 12.9. The van der Waals surface area contributed by atoms with Crippen LogP contribution in [0.2, 0.25) is 0 Å². The molecule has 1 rings (SSSR count). The lowest BCUT2D eigenvalue weighted by atomic mass is 10.0. The third-order valence-corrected chi connectivity index (χ3v) is 3.68. The molecule has 104 valence electrons. The fourth-order valence-corrected chi connectivity index (χ4v) is 2.54. The third-order valence-electron chi connectivity index (χ3n) is 3.68. The summed E-state index contributed by atoms with van der Waals surface area (Å²) in [4.78, 5) is 0. The molecule has 3 nitrogen and oxygen atoms in total. The molecule has 1 atom stereocenters. The molecule has 0 aliphatic carbocycles. The van der Waals surface area contributed by atoms with Gasteiger partial charge in [0.1, 0.15) is 0 Å². The summed E-state index contributed by atoms with van der Waals surface area (Å²) in [7, 11) is 2.03. The van der Waals surface area contributed by atoms with Crippen molar-refractivity contribution in [1.29, 1.82) is 0 Å². The molecule has 0 amide bonds. The minimum Gasteiger partial charge on any atom is -0.313 e. The second-order valence-corrected chi connectivity index (χ2v) is 4.95. The summed E-state index contributed by atoms with van der Waals surface area (Å²) in [5.74, 6) is 0. The Labute approximate surface area is 112 Å². The SMILES string of the molecule is CCCCCn1nc(CC)c(C(C)NC)c1CC. The van der Waals surface area contributed by atoms with Gasteiger partial charge in [0.25, 0.3) is 0 Å². The molecule has 0 saturated heterocycles. The van der Waals surface area contributed by atoms with E-state index in [-0.39, 0.29) is 0 Å². The third kappa shape index (κ3) is 3.35. The van der Waals surface area contributed by atoms with Crippen molar-refractivity contribution < 1.29 is 0 Å². The number of aromatic nitrogens is 2. The molecule has 0 fully saturated rings. The lowest BCUT2D eigenvalue weighted by Crippen LogP contribution is -2.15. The van der Waals surface area contributed by atoms with Gasteiger partial charge in [0.05, 0.1) is 5.69 Å². The van der Waals surface area contributed by atoms with Gasteiger partial charge < -0.3 is 5.32 Å². The molecule has 1 N–H and O–H groups in total. The first kappa shape index (κ1) is 15.2. The molecule has 3 heteroatoms. The van der Waals surface area contributed by atoms with E-state index in [4.69, 9.17) is 5.10 Å². The van der Waals surface area contributed by atoms with Crippen molar-refractivity contribution >= 4 is 0 Å². The molecule has 0 spiro atoms. The van der Waals surface area contributed by atoms with Crippen LogP contribution in [0.25, 0.3) is 0 Å². The number of rotatable bonds is 8. The van der Waals surface area contributed by atoms with Crippen LogP contribution in [-0.2, 0) is 19.4 Å². The first-order chi connectivity index (χ1) is 8.69. The predicted octanol–water partition coefficient (Wildman–Crippen LogP) is 3.48. The second-order valence-electron chi connectivity index (χ2n) is 4.95. The minimum absolute atomic E-state index is 0.398. The lowest BCUT2D eigenvalue weighted by molar-refractivity contribution is 0.529. The molecule has 0 radical (unpaired) electrons. The van der Waals surface area contributed by atoms with Crippen molar-refractivity contribution in [3.05, 3.63) is 17.0 Å². The summed E-state index contributed by atoms with van der Waals surface area (Å²) in [5, 5.41) is 8.17. The average molecular weight is 251 g/mol. The molecular formula is C15H29N3. The van der Waals surface area contributed by atoms with Gasteiger partial charge in [-0.15, -0.1) is 0 Å². The smallest absolute Gasteiger partial charge is 0.0672 e. The molecule has 1 heterocycles. The van der Waals surface area contributed by atoms with Crippen LogP contribution in [0.15, 0.2) is 0 Å². The second kappa shape index (κ2) is 7.57. The molecule has 1 aromatic rings. The highest BCUT2D eigenvalue weighted by molar-refractivity contribution is 5.30. The Morgan fingerprint density at radius 3 is 2.39 bits per heavy atom. The highest BCUT2D eigenvalue weighted by Crippen LogP contribution is 2.23. The zero-order valence-electron chi connectivity index (χ0n) is 12.7. The Balaban J connectivity index is 3.00. The van der Waals surface area contributed by atoms with Gasteiger partial charge in [-0.25, -0.2) is 0 Å². The molecule has 0 aliphatic heterocycles. The van der Waals surface area contributed by atoms with Gasteiger partial charge in [-0.2, -0.15) is 5.10 Å². The van der Waals surface area contributed by atoms with Crippen molar-refractivity contribution in [1.82, 2.24) is 15.1 Å². The summed E-state index contributed by atoms with van der Waals surface area (Å²) in [5.41, 5.74) is 4.12. The maximum absolute atomic E-state index is 4.82. The van der Waals surface area contributed by atoms with Gasteiger partial charge >= 0.3 is 0 Å². The van der Waals surface area contributed by atoms with Gasteiger partial charge in [-0.3, -0.25) is 4.68 Å². The number of hydrogen-bond acceptors (Lipinski definition) is 2. The van der Waals surface area contributed by atoms with Crippen LogP contribution >= 0.6 is 0 Å². The molecule has 18 heavy (non-hydrogen) atoms. The van der Waals surface area contributed by atoms with E-state index in [1.165, 1.54) is 36.2 Å². The van der Waals surface area contributed by atoms with Gasteiger partial charge in [0, 0.05) is 23.8 Å². The van der Waals surface area contributed by atoms with Crippen LogP contribution in [0.5, 0.6) is 0 Å². The van der Waals surface area contributed by atoms with Crippen molar-refractivity contribution in [2.45, 2.75) is 72.4 Å². The minimum atomic E-state index is 0.398. The number of aryl methyl sites for hydroxylation is 2. The van der Waals surface area contributed by atoms with E-state index >= 15 is 0 Å². The average Bonchev–Trinajstić information content (AvgIpc) is 2.75. The van der Waals surface area contributed by atoms with E-state index in [2.05, 4.69) is 37.7 Å². The highest BCUT2D eigenvalue weighted by atomic mass is 15.3. The van der Waals surface area contributed by atoms with Gasteiger partial charge in [0.2, 0.25) is 0 Å². The summed E-state index contributed by atoms with van der Waals surface area (Å²) >= 11 is 0. The topological polar surface area (TPSA) is 29.9 Å². The molecule has 1 aromatic heterocycles. The van der Waals surface area contributed by atoms with Gasteiger partial charge in [-0.05, 0) is 33.2 Å². The van der Waals surface area contributed by atoms with Crippen molar-refractivity contribution in [2.24, 2.45) is 0 Å². The molecular weight excluding hydrogens is 222 g/mol. The maximum atomic E-state index is 4.82. The van der Waals surface area contributed by atoms with Crippen LogP contribution in [-0.4, -0.2) is 16.8 Å². The van der Waals surface area contributed by atoms with Crippen molar-refractivity contribution in [3.8, 4) is 0 Å². The molecule has 1 unspecified atom stereocenters. The maximum Gasteiger partial charge on any atom is 0.0672 e. The predicted molar refractivity (Wildman–Crippen MR) is 78.0 cm³/mol. The van der Waals surface area contributed by atoms with Crippen LogP contribution in [0.4, 0.5) is 0 Å². The van der Waals surface area contributed by atoms with E-state index in [0.717, 1.165) is 19.4 Å². The van der Waals surface area contributed by atoms with Gasteiger partial charge in [0.15, 0.2) is 0 Å². The van der Waals surface area contributed by atoms with E-state index in [1.54, 1.807) is 0 Å². The Bertz CT molecular complexity index is 355. The Morgan fingerprint density at radius 1 is 1.17 bits per heavy atom. The summed E-state index contributed by atoms with van der Waals surface area (Å²) in [6, 6.07) is 0.398. The Morgan fingerprint density at radius 2 is 1.89 bits per heavy atom. The zero-order valence-corrected chi connectivity index (χ0v) is 12.7. The van der Waals surface area contributed by atoms with Gasteiger partial charge in [-0.1, -0.05) is 33.6 Å². The fourth-order valence-electron chi connectivity index (χ4n) is 2.54. The van der Waals surface area contributed by atoms with Crippen LogP contribution in [0, 0.1) is 0 Å². The molecule has 0 saturated carbocycles. The highest BCUT2D eigenvalue weighted by Gasteiger charge is 2.19. The van der Waals surface area contributed by atoms with Crippen LogP contribution in [0.3, 0.4) is 0 Å². The monoisotopic (exact) mass is 251 g/mol. The van der Waals surface area contributed by atoms with E-state index < -0.39 is 0 Å². The fraction of sp³-hybridized carbons (Fsp3) is 0.800. The summed E-state index contributed by atoms with van der Waals surface area (Å²) < 4.78 is 2.25. The number of nitrogens with one attached hydrogen (secondary N) is 1. The number of nitrogens with zero attached hydrogens (tertiary/aromatic N) is 2. The summed E-state index contributed by atoms with van der Waals surface area (Å²) in [6.07, 6.45) is 5.89. The standard InChI is InChI=1S/C15H29N3/c1-6-9-10-11-18-14(8-3)15(12(4)16-5)13(7-2)17-18/h12,16H,6-11H2,1-5H3. The number of unbranched alkanes of at least 4 members (excludes halogenated alkanes) is 2. The van der Waals surface area contributed by atoms with Crippen molar-refractivity contribution in [3.63, 3.8) is 0 Å².